The second-order valence-electron chi connectivity index (χ2n) is 5.99. The van der Waals surface area contributed by atoms with Gasteiger partial charge in [-0.25, -0.2) is 9.78 Å². The number of carbonyl (C=O) groups is 1. The smallest absolute Gasteiger partial charge is 0.322 e. The number of carbonyl (C=O) groups excluding carboxylic acids is 1. The molecule has 1 fully saturated rings. The Morgan fingerprint density at radius 3 is 2.92 bits per heavy atom. The van der Waals surface area contributed by atoms with Gasteiger partial charge in [-0.3, -0.25) is 0 Å². The van der Waals surface area contributed by atoms with E-state index in [1.54, 1.807) is 24.4 Å². The lowest BCUT2D eigenvalue weighted by atomic mass is 10.00. The number of benzene rings is 1. The number of amides is 2. The Hall–Kier alpha value is -2.05. The molecule has 0 unspecified atom stereocenters. The molecule has 8 heteroatoms. The zero-order valence-corrected chi connectivity index (χ0v) is 14.1. The summed E-state index contributed by atoms with van der Waals surface area (Å²) in [6, 6.07) is 4.59. The first kappa shape index (κ1) is 15.5. The van der Waals surface area contributed by atoms with Crippen LogP contribution in [0, 0.1) is 0 Å². The molecule has 2 bridgehead atoms. The van der Waals surface area contributed by atoms with Crippen LogP contribution in [0.4, 0.5) is 10.5 Å². The molecule has 0 aliphatic carbocycles. The third kappa shape index (κ3) is 2.56. The van der Waals surface area contributed by atoms with Crippen molar-refractivity contribution in [2.24, 2.45) is 0 Å². The maximum Gasteiger partial charge on any atom is 0.322 e. The molecule has 2 aliphatic rings. The van der Waals surface area contributed by atoms with Gasteiger partial charge in [0.15, 0.2) is 0 Å². The Balaban J connectivity index is 1.59. The fourth-order valence-corrected chi connectivity index (χ4v) is 3.84. The number of aromatic nitrogens is 2. The van der Waals surface area contributed by atoms with E-state index < -0.39 is 0 Å². The maximum atomic E-state index is 12.7. The van der Waals surface area contributed by atoms with Gasteiger partial charge in [-0.05, 0) is 31.0 Å². The van der Waals surface area contributed by atoms with E-state index in [0.29, 0.717) is 22.2 Å². The van der Waals surface area contributed by atoms with E-state index in [2.05, 4.69) is 15.3 Å². The molecule has 2 N–H and O–H groups in total. The highest BCUT2D eigenvalue weighted by Gasteiger charge is 2.43. The lowest BCUT2D eigenvalue weighted by Gasteiger charge is -2.35. The van der Waals surface area contributed by atoms with Gasteiger partial charge in [-0.2, -0.15) is 4.98 Å². The first-order chi connectivity index (χ1) is 11.5. The molecule has 0 radical (unpaired) electrons. The van der Waals surface area contributed by atoms with Crippen molar-refractivity contribution >= 4 is 34.9 Å². The van der Waals surface area contributed by atoms with Crippen LogP contribution in [0.5, 0.6) is 6.01 Å². The summed E-state index contributed by atoms with van der Waals surface area (Å²) in [5.74, 6) is 0. The molecular weight excluding hydrogens is 351 g/mol. The van der Waals surface area contributed by atoms with Crippen molar-refractivity contribution in [3.63, 3.8) is 0 Å². The fourth-order valence-electron chi connectivity index (χ4n) is 3.54. The van der Waals surface area contributed by atoms with Gasteiger partial charge in [-0.15, -0.1) is 0 Å². The maximum absolute atomic E-state index is 12.7. The number of hydrogen-bond acceptors (Lipinski definition) is 4. The molecule has 6 nitrogen and oxygen atoms in total. The average molecular weight is 365 g/mol. The summed E-state index contributed by atoms with van der Waals surface area (Å²) >= 11 is 11.9. The Morgan fingerprint density at radius 1 is 1.29 bits per heavy atom. The van der Waals surface area contributed by atoms with Crippen molar-refractivity contribution in [2.45, 2.75) is 31.3 Å². The molecule has 1 aromatic heterocycles. The van der Waals surface area contributed by atoms with Crippen molar-refractivity contribution < 1.29 is 9.90 Å². The second-order valence-corrected chi connectivity index (χ2v) is 6.80. The molecule has 1 saturated heterocycles. The summed E-state index contributed by atoms with van der Waals surface area (Å²) in [5.41, 5.74) is 2.33. The van der Waals surface area contributed by atoms with Crippen LogP contribution in [0.3, 0.4) is 0 Å². The normalized spacial score (nSPS) is 21.5. The molecule has 124 valence electrons. The Morgan fingerprint density at radius 2 is 2.12 bits per heavy atom. The number of halogens is 2. The second kappa shape index (κ2) is 5.79. The minimum Gasteiger partial charge on any atom is -0.479 e. The van der Waals surface area contributed by atoms with E-state index in [1.165, 1.54) is 0 Å². The van der Waals surface area contributed by atoms with Gasteiger partial charge in [0.05, 0.1) is 21.8 Å². The van der Waals surface area contributed by atoms with E-state index in [0.717, 1.165) is 24.1 Å². The van der Waals surface area contributed by atoms with Crippen molar-refractivity contribution in [1.29, 1.82) is 0 Å². The van der Waals surface area contributed by atoms with Gasteiger partial charge in [0.25, 0.3) is 0 Å². The lowest BCUT2D eigenvalue weighted by Crippen LogP contribution is -2.44. The predicted molar refractivity (Wildman–Crippen MR) is 90.5 cm³/mol. The van der Waals surface area contributed by atoms with E-state index in [4.69, 9.17) is 23.2 Å². The van der Waals surface area contributed by atoms with Gasteiger partial charge in [0, 0.05) is 29.9 Å². The Bertz CT molecular complexity index is 830. The number of rotatable bonds is 1. The Labute approximate surface area is 148 Å². The van der Waals surface area contributed by atoms with Gasteiger partial charge < -0.3 is 15.3 Å². The van der Waals surface area contributed by atoms with Gasteiger partial charge in [-0.1, -0.05) is 23.2 Å². The van der Waals surface area contributed by atoms with Crippen LogP contribution < -0.4 is 5.32 Å². The predicted octanol–water partition coefficient (Wildman–Crippen LogP) is 3.78. The van der Waals surface area contributed by atoms with E-state index in [1.807, 2.05) is 4.90 Å². The number of hydrogen-bond donors (Lipinski definition) is 2. The van der Waals surface area contributed by atoms with Crippen molar-refractivity contribution in [3.05, 3.63) is 45.7 Å². The average Bonchev–Trinajstić information content (AvgIpc) is 2.86. The fraction of sp³-hybridized carbons (Fsp3) is 0.312. The topological polar surface area (TPSA) is 78.4 Å². The summed E-state index contributed by atoms with van der Waals surface area (Å²) in [6.07, 6.45) is 4.00. The number of nitrogens with zero attached hydrogens (tertiary/aromatic N) is 3. The molecule has 4 rings (SSSR count). The van der Waals surface area contributed by atoms with E-state index in [9.17, 15) is 9.90 Å². The third-order valence-electron chi connectivity index (χ3n) is 4.58. The highest BCUT2D eigenvalue weighted by atomic mass is 35.5. The highest BCUT2D eigenvalue weighted by Crippen LogP contribution is 2.43. The monoisotopic (exact) mass is 364 g/mol. The van der Waals surface area contributed by atoms with Crippen LogP contribution in [0.25, 0.3) is 0 Å². The zero-order chi connectivity index (χ0) is 16.8. The molecular formula is C16H14Cl2N4O2. The van der Waals surface area contributed by atoms with Crippen LogP contribution in [0.1, 0.15) is 30.1 Å². The summed E-state index contributed by atoms with van der Waals surface area (Å²) in [4.78, 5) is 22.6. The van der Waals surface area contributed by atoms with Crippen LogP contribution in [0.2, 0.25) is 10.0 Å². The molecule has 3 heterocycles. The SMILES string of the molecule is O=C(Nc1ccc(Cl)c(Cl)c1)N1[C@H]2CC[C@@H]1c1cnc(O)nc1C2. The lowest BCUT2D eigenvalue weighted by molar-refractivity contribution is 0.178. The van der Waals surface area contributed by atoms with E-state index >= 15 is 0 Å². The number of urea groups is 1. The first-order valence-electron chi connectivity index (χ1n) is 7.62. The zero-order valence-electron chi connectivity index (χ0n) is 12.5. The number of anilines is 1. The molecule has 2 aromatic rings. The Kier molecular flexibility index (Phi) is 3.73. The quantitative estimate of drug-likeness (QED) is 0.806. The van der Waals surface area contributed by atoms with Crippen molar-refractivity contribution in [1.82, 2.24) is 14.9 Å². The van der Waals surface area contributed by atoms with Crippen LogP contribution in [-0.4, -0.2) is 32.0 Å². The van der Waals surface area contributed by atoms with Gasteiger partial charge in [0.1, 0.15) is 0 Å². The van der Waals surface area contributed by atoms with Crippen LogP contribution >= 0.6 is 23.2 Å². The molecule has 2 aliphatic heterocycles. The highest BCUT2D eigenvalue weighted by molar-refractivity contribution is 6.42. The minimum absolute atomic E-state index is 0.0675. The largest absolute Gasteiger partial charge is 0.479 e. The summed E-state index contributed by atoms with van der Waals surface area (Å²) < 4.78 is 0. The van der Waals surface area contributed by atoms with Crippen molar-refractivity contribution in [3.8, 4) is 6.01 Å². The summed E-state index contributed by atoms with van der Waals surface area (Å²) in [6.45, 7) is 0. The van der Waals surface area contributed by atoms with Gasteiger partial charge in [0.2, 0.25) is 0 Å². The summed E-state index contributed by atoms with van der Waals surface area (Å²) in [5, 5.41) is 13.2. The van der Waals surface area contributed by atoms with Crippen LogP contribution in [0.15, 0.2) is 24.4 Å². The number of nitrogens with one attached hydrogen (secondary N) is 1. The molecule has 24 heavy (non-hydrogen) atoms. The molecule has 2 amide bonds. The molecule has 0 spiro atoms. The standard InChI is InChI=1S/C16H14Cl2N4O2/c17-11-3-1-8(5-12(11)18)20-16(24)22-9-2-4-14(22)10-7-19-15(23)21-13(10)6-9/h1,3,5,7,9,14H,2,4,6H2,(H,20,24)(H,19,21,23)/t9-,14+/m0/s1. The molecule has 1 aromatic carbocycles. The first-order valence-corrected chi connectivity index (χ1v) is 8.37. The van der Waals surface area contributed by atoms with Crippen LogP contribution in [-0.2, 0) is 6.42 Å². The molecule has 2 atom stereocenters. The summed E-state index contributed by atoms with van der Waals surface area (Å²) in [7, 11) is 0. The number of aromatic hydroxyl groups is 1. The van der Waals surface area contributed by atoms with Gasteiger partial charge >= 0.3 is 12.0 Å². The van der Waals surface area contributed by atoms with Crippen molar-refractivity contribution in [2.75, 3.05) is 5.32 Å². The third-order valence-corrected chi connectivity index (χ3v) is 5.32. The minimum atomic E-state index is -0.221. The molecule has 0 saturated carbocycles. The van der Waals surface area contributed by atoms with E-state index in [-0.39, 0.29) is 24.1 Å². The number of fused-ring (bicyclic) bond motifs is 4.